The van der Waals surface area contributed by atoms with E-state index in [9.17, 15) is 0 Å². The number of aromatic nitrogens is 2. The number of hydrogen-bond donors (Lipinski definition) is 1. The fraction of sp³-hybridized carbons (Fsp3) is 0.188. The first-order chi connectivity index (χ1) is 9.93. The van der Waals surface area contributed by atoms with E-state index in [0.29, 0.717) is 6.61 Å². The van der Waals surface area contributed by atoms with Gasteiger partial charge in [-0.05, 0) is 24.3 Å². The van der Waals surface area contributed by atoms with Crippen LogP contribution in [0.4, 0.5) is 0 Å². The van der Waals surface area contributed by atoms with Crippen LogP contribution < -0.4 is 10.1 Å². The molecule has 0 saturated heterocycles. The monoisotopic (exact) mass is 267 g/mol. The molecule has 0 aliphatic carbocycles. The Hall–Kier alpha value is -2.33. The quantitative estimate of drug-likeness (QED) is 0.697. The molecule has 1 aromatic carbocycles. The molecule has 3 aromatic rings. The van der Waals surface area contributed by atoms with Gasteiger partial charge in [0, 0.05) is 24.8 Å². The van der Waals surface area contributed by atoms with Crippen molar-refractivity contribution in [1.82, 2.24) is 14.9 Å². The van der Waals surface area contributed by atoms with Gasteiger partial charge >= 0.3 is 0 Å². The van der Waals surface area contributed by atoms with E-state index in [0.717, 1.165) is 24.4 Å². The Bertz CT molecular complexity index is 664. The molecule has 20 heavy (non-hydrogen) atoms. The third-order valence-corrected chi connectivity index (χ3v) is 3.11. The Morgan fingerprint density at radius 3 is 2.80 bits per heavy atom. The molecule has 3 rings (SSSR count). The van der Waals surface area contributed by atoms with Crippen molar-refractivity contribution in [2.24, 2.45) is 0 Å². The number of nitrogens with one attached hydrogen (secondary N) is 1. The average Bonchev–Trinajstić information content (AvgIpc) is 2.91. The molecule has 102 valence electrons. The fourth-order valence-corrected chi connectivity index (χ4v) is 2.10. The molecule has 4 nitrogen and oxygen atoms in total. The predicted molar refractivity (Wildman–Crippen MR) is 78.8 cm³/mol. The number of ether oxygens (including phenoxy) is 1. The maximum Gasteiger partial charge on any atom is 0.119 e. The largest absolute Gasteiger partial charge is 0.492 e. The Morgan fingerprint density at radius 1 is 1.05 bits per heavy atom. The van der Waals surface area contributed by atoms with Crippen molar-refractivity contribution >= 4 is 5.52 Å². The van der Waals surface area contributed by atoms with Crippen molar-refractivity contribution in [2.45, 2.75) is 6.54 Å². The lowest BCUT2D eigenvalue weighted by Crippen LogP contribution is -2.20. The van der Waals surface area contributed by atoms with Crippen molar-refractivity contribution in [3.05, 3.63) is 66.5 Å². The molecule has 2 heterocycles. The van der Waals surface area contributed by atoms with E-state index in [-0.39, 0.29) is 0 Å². The maximum atomic E-state index is 5.63. The first-order valence-electron chi connectivity index (χ1n) is 6.73. The summed E-state index contributed by atoms with van der Waals surface area (Å²) in [6.07, 6.45) is 3.86. The highest BCUT2D eigenvalue weighted by Gasteiger charge is 2.02. The van der Waals surface area contributed by atoms with E-state index < -0.39 is 0 Å². The van der Waals surface area contributed by atoms with Crippen LogP contribution in [0.2, 0.25) is 0 Å². The summed E-state index contributed by atoms with van der Waals surface area (Å²) >= 11 is 0. The third kappa shape index (κ3) is 2.97. The molecule has 0 bridgehead atoms. The van der Waals surface area contributed by atoms with Gasteiger partial charge in [-0.25, -0.2) is 4.52 Å². The number of nitrogens with zero attached hydrogens (tertiary/aromatic N) is 2. The van der Waals surface area contributed by atoms with Gasteiger partial charge in [0.2, 0.25) is 0 Å². The van der Waals surface area contributed by atoms with E-state index in [4.69, 9.17) is 4.74 Å². The van der Waals surface area contributed by atoms with Gasteiger partial charge in [0.15, 0.2) is 0 Å². The van der Waals surface area contributed by atoms with Crippen LogP contribution in [0.15, 0.2) is 60.9 Å². The number of para-hydroxylation sites is 1. The molecule has 0 unspecified atom stereocenters. The molecule has 2 aromatic heterocycles. The predicted octanol–water partition coefficient (Wildman–Crippen LogP) is 2.50. The van der Waals surface area contributed by atoms with E-state index in [1.165, 1.54) is 5.56 Å². The molecule has 0 aliphatic rings. The summed E-state index contributed by atoms with van der Waals surface area (Å²) in [6, 6.07) is 15.9. The minimum absolute atomic E-state index is 0.656. The van der Waals surface area contributed by atoms with Gasteiger partial charge in [-0.3, -0.25) is 0 Å². The second-order valence-electron chi connectivity index (χ2n) is 4.54. The molecule has 0 atom stereocenters. The lowest BCUT2D eigenvalue weighted by molar-refractivity contribution is 0.314. The second kappa shape index (κ2) is 6.21. The minimum Gasteiger partial charge on any atom is -0.492 e. The minimum atomic E-state index is 0.656. The van der Waals surface area contributed by atoms with Crippen LogP contribution in [0.1, 0.15) is 5.56 Å². The molecule has 0 radical (unpaired) electrons. The first kappa shape index (κ1) is 12.7. The van der Waals surface area contributed by atoms with E-state index in [2.05, 4.69) is 16.5 Å². The maximum absolute atomic E-state index is 5.63. The second-order valence-corrected chi connectivity index (χ2v) is 4.54. The number of benzene rings is 1. The molecule has 0 spiro atoms. The van der Waals surface area contributed by atoms with Crippen molar-refractivity contribution in [1.29, 1.82) is 0 Å². The number of hydrogen-bond acceptors (Lipinski definition) is 3. The van der Waals surface area contributed by atoms with Crippen molar-refractivity contribution in [3.63, 3.8) is 0 Å². The number of rotatable bonds is 6. The Morgan fingerprint density at radius 2 is 1.90 bits per heavy atom. The van der Waals surface area contributed by atoms with Crippen LogP contribution in [0.5, 0.6) is 5.75 Å². The zero-order chi connectivity index (χ0) is 13.6. The molecule has 0 amide bonds. The number of fused-ring (bicyclic) bond motifs is 1. The standard InChI is InChI=1S/C16H17N3O/c1-2-6-15(7-3-1)20-11-9-17-12-14-13-18-19-10-5-4-8-16(14)19/h1-8,10,13,17H,9,11-12H2. The lowest BCUT2D eigenvalue weighted by Gasteiger charge is -2.06. The summed E-state index contributed by atoms with van der Waals surface area (Å²) in [4.78, 5) is 0. The smallest absolute Gasteiger partial charge is 0.119 e. The summed E-state index contributed by atoms with van der Waals surface area (Å²) in [5, 5.41) is 7.68. The van der Waals surface area contributed by atoms with Crippen LogP contribution in [-0.2, 0) is 6.54 Å². The van der Waals surface area contributed by atoms with Crippen LogP contribution in [0.3, 0.4) is 0 Å². The Balaban J connectivity index is 1.46. The Labute approximate surface area is 118 Å². The van der Waals surface area contributed by atoms with Crippen LogP contribution in [0, 0.1) is 0 Å². The molecule has 1 N–H and O–H groups in total. The first-order valence-corrected chi connectivity index (χ1v) is 6.73. The highest BCUT2D eigenvalue weighted by atomic mass is 16.5. The zero-order valence-corrected chi connectivity index (χ0v) is 11.2. The van der Waals surface area contributed by atoms with Gasteiger partial charge < -0.3 is 10.1 Å². The van der Waals surface area contributed by atoms with Gasteiger partial charge in [0.05, 0.1) is 11.7 Å². The highest BCUT2D eigenvalue weighted by molar-refractivity contribution is 5.53. The molecule has 4 heteroatoms. The molecular formula is C16H17N3O. The molecular weight excluding hydrogens is 250 g/mol. The summed E-state index contributed by atoms with van der Waals surface area (Å²) in [7, 11) is 0. The van der Waals surface area contributed by atoms with Gasteiger partial charge in [0.25, 0.3) is 0 Å². The summed E-state index contributed by atoms with van der Waals surface area (Å²) in [5.74, 6) is 0.908. The zero-order valence-electron chi connectivity index (χ0n) is 11.2. The van der Waals surface area contributed by atoms with Crippen LogP contribution in [-0.4, -0.2) is 22.8 Å². The van der Waals surface area contributed by atoms with Gasteiger partial charge in [0.1, 0.15) is 12.4 Å². The third-order valence-electron chi connectivity index (χ3n) is 3.11. The lowest BCUT2D eigenvalue weighted by atomic mass is 10.2. The summed E-state index contributed by atoms with van der Waals surface area (Å²) in [5.41, 5.74) is 2.34. The highest BCUT2D eigenvalue weighted by Crippen LogP contribution is 2.09. The normalized spacial score (nSPS) is 10.8. The molecule has 0 aliphatic heterocycles. The molecule has 0 fully saturated rings. The van der Waals surface area contributed by atoms with Gasteiger partial charge in [-0.15, -0.1) is 0 Å². The van der Waals surface area contributed by atoms with Crippen molar-refractivity contribution < 1.29 is 4.74 Å². The van der Waals surface area contributed by atoms with E-state index in [1.54, 1.807) is 0 Å². The van der Waals surface area contributed by atoms with Crippen molar-refractivity contribution in [2.75, 3.05) is 13.2 Å². The molecule has 0 saturated carbocycles. The number of pyridine rings is 1. The van der Waals surface area contributed by atoms with Crippen LogP contribution in [0.25, 0.3) is 5.52 Å². The summed E-state index contributed by atoms with van der Waals surface area (Å²) < 4.78 is 7.52. The average molecular weight is 267 g/mol. The topological polar surface area (TPSA) is 38.6 Å². The fourth-order valence-electron chi connectivity index (χ4n) is 2.10. The summed E-state index contributed by atoms with van der Waals surface area (Å²) in [6.45, 7) is 2.26. The van der Waals surface area contributed by atoms with E-state index in [1.807, 2.05) is 59.4 Å². The van der Waals surface area contributed by atoms with Gasteiger partial charge in [-0.2, -0.15) is 5.10 Å². The SMILES string of the molecule is c1ccc(OCCNCc2cnn3ccccc23)cc1. The Kier molecular flexibility index (Phi) is 3.94. The van der Waals surface area contributed by atoms with Gasteiger partial charge in [-0.1, -0.05) is 24.3 Å². The van der Waals surface area contributed by atoms with Crippen LogP contribution >= 0.6 is 0 Å². The van der Waals surface area contributed by atoms with Crippen molar-refractivity contribution in [3.8, 4) is 5.75 Å². The van der Waals surface area contributed by atoms with E-state index >= 15 is 0 Å².